The van der Waals surface area contributed by atoms with Crippen molar-refractivity contribution in [3.8, 4) is 0 Å². The van der Waals surface area contributed by atoms with Gasteiger partial charge in [0, 0.05) is 36.5 Å². The lowest BCUT2D eigenvalue weighted by molar-refractivity contribution is -0.116. The van der Waals surface area contributed by atoms with Crippen molar-refractivity contribution in [3.05, 3.63) is 53.2 Å². The van der Waals surface area contributed by atoms with E-state index >= 15 is 0 Å². The summed E-state index contributed by atoms with van der Waals surface area (Å²) in [6.45, 7) is 4.32. The number of benzene rings is 1. The van der Waals surface area contributed by atoms with Gasteiger partial charge in [0.05, 0.1) is 11.9 Å². The van der Waals surface area contributed by atoms with E-state index in [0.717, 1.165) is 24.8 Å². The zero-order valence-corrected chi connectivity index (χ0v) is 16.2. The molecule has 0 unspecified atom stereocenters. The molecule has 1 saturated heterocycles. The number of nitrogens with one attached hydrogen (secondary N) is 1. The van der Waals surface area contributed by atoms with Crippen LogP contribution < -0.4 is 10.2 Å². The quantitative estimate of drug-likeness (QED) is 0.739. The SMILES string of the molecule is CC1CCN(c2ccc(NC(=O)CCC(=O)c3ccc(Cl)cc3)cn2)CC1. The summed E-state index contributed by atoms with van der Waals surface area (Å²) in [4.78, 5) is 31.0. The lowest BCUT2D eigenvalue weighted by Gasteiger charge is -2.31. The normalized spacial score (nSPS) is 14.8. The number of carbonyl (C=O) groups is 2. The van der Waals surface area contributed by atoms with E-state index < -0.39 is 0 Å². The number of hydrogen-bond acceptors (Lipinski definition) is 4. The minimum absolute atomic E-state index is 0.0744. The van der Waals surface area contributed by atoms with Gasteiger partial charge >= 0.3 is 0 Å². The number of nitrogens with zero attached hydrogens (tertiary/aromatic N) is 2. The number of rotatable bonds is 6. The van der Waals surface area contributed by atoms with Crippen LogP contribution >= 0.6 is 11.6 Å². The molecule has 1 fully saturated rings. The second-order valence-corrected chi connectivity index (χ2v) is 7.49. The average Bonchev–Trinajstić information content (AvgIpc) is 2.68. The van der Waals surface area contributed by atoms with Crippen LogP contribution in [0.2, 0.25) is 5.02 Å². The predicted octanol–water partition coefficient (Wildman–Crippen LogP) is 4.57. The van der Waals surface area contributed by atoms with Crippen LogP contribution in [0.5, 0.6) is 0 Å². The van der Waals surface area contributed by atoms with Crippen LogP contribution in [0.1, 0.15) is 43.0 Å². The second kappa shape index (κ2) is 9.00. The molecule has 5 nitrogen and oxygen atoms in total. The summed E-state index contributed by atoms with van der Waals surface area (Å²) in [7, 11) is 0. The van der Waals surface area contributed by atoms with Crippen LogP contribution in [0.3, 0.4) is 0 Å². The number of pyridine rings is 1. The lowest BCUT2D eigenvalue weighted by Crippen LogP contribution is -2.33. The molecule has 0 saturated carbocycles. The van der Waals surface area contributed by atoms with Crippen molar-refractivity contribution in [3.63, 3.8) is 0 Å². The summed E-state index contributed by atoms with van der Waals surface area (Å²) >= 11 is 5.82. The number of halogens is 1. The van der Waals surface area contributed by atoms with E-state index in [1.807, 2.05) is 12.1 Å². The highest BCUT2D eigenvalue weighted by Gasteiger charge is 2.17. The minimum atomic E-state index is -0.196. The van der Waals surface area contributed by atoms with Gasteiger partial charge in [-0.05, 0) is 55.2 Å². The van der Waals surface area contributed by atoms with E-state index in [1.54, 1.807) is 30.5 Å². The topological polar surface area (TPSA) is 62.3 Å². The number of aromatic nitrogens is 1. The van der Waals surface area contributed by atoms with Crippen LogP contribution in [0.15, 0.2) is 42.6 Å². The number of hydrogen-bond donors (Lipinski definition) is 1. The van der Waals surface area contributed by atoms with E-state index in [1.165, 1.54) is 12.8 Å². The fourth-order valence-electron chi connectivity index (χ4n) is 3.12. The van der Waals surface area contributed by atoms with Gasteiger partial charge in [-0.15, -0.1) is 0 Å². The Bertz CT molecular complexity index is 782. The van der Waals surface area contributed by atoms with Gasteiger partial charge in [0.1, 0.15) is 5.82 Å². The predicted molar refractivity (Wildman–Crippen MR) is 108 cm³/mol. The number of anilines is 2. The molecule has 1 aromatic heterocycles. The van der Waals surface area contributed by atoms with Gasteiger partial charge in [-0.3, -0.25) is 9.59 Å². The molecular weight excluding hydrogens is 362 g/mol. The van der Waals surface area contributed by atoms with Crippen molar-refractivity contribution < 1.29 is 9.59 Å². The van der Waals surface area contributed by atoms with Gasteiger partial charge in [0.2, 0.25) is 5.91 Å². The first-order chi connectivity index (χ1) is 13.0. The molecule has 0 aliphatic carbocycles. The number of ketones is 1. The Kier molecular flexibility index (Phi) is 6.45. The second-order valence-electron chi connectivity index (χ2n) is 7.05. The van der Waals surface area contributed by atoms with Crippen molar-refractivity contribution in [1.82, 2.24) is 4.98 Å². The van der Waals surface area contributed by atoms with Crippen molar-refractivity contribution in [1.29, 1.82) is 0 Å². The molecule has 27 heavy (non-hydrogen) atoms. The van der Waals surface area contributed by atoms with Gasteiger partial charge in [-0.2, -0.15) is 0 Å². The van der Waals surface area contributed by atoms with Crippen LogP contribution in [-0.2, 0) is 4.79 Å². The fourth-order valence-corrected chi connectivity index (χ4v) is 3.24. The van der Waals surface area contributed by atoms with E-state index in [0.29, 0.717) is 16.3 Å². The number of Topliss-reactive ketones (excluding diaryl/α,β-unsaturated/α-hetero) is 1. The molecule has 0 atom stereocenters. The third-order valence-corrected chi connectivity index (χ3v) is 5.14. The van der Waals surface area contributed by atoms with E-state index in [2.05, 4.69) is 22.1 Å². The first-order valence-electron chi connectivity index (χ1n) is 9.31. The molecule has 142 valence electrons. The lowest BCUT2D eigenvalue weighted by atomic mass is 9.99. The molecule has 0 spiro atoms. The van der Waals surface area contributed by atoms with Gasteiger partial charge < -0.3 is 10.2 Å². The molecule has 2 aromatic rings. The Morgan fingerprint density at radius 2 is 1.81 bits per heavy atom. The van der Waals surface area contributed by atoms with E-state index in [-0.39, 0.29) is 24.5 Å². The van der Waals surface area contributed by atoms with Crippen molar-refractivity contribution >= 4 is 34.8 Å². The van der Waals surface area contributed by atoms with Crippen molar-refractivity contribution in [2.75, 3.05) is 23.3 Å². The highest BCUT2D eigenvalue weighted by molar-refractivity contribution is 6.30. The number of carbonyl (C=O) groups excluding carboxylic acids is 2. The van der Waals surface area contributed by atoms with Gasteiger partial charge in [-0.1, -0.05) is 18.5 Å². The molecule has 6 heteroatoms. The maximum Gasteiger partial charge on any atom is 0.224 e. The molecule has 2 heterocycles. The smallest absolute Gasteiger partial charge is 0.224 e. The maximum atomic E-state index is 12.1. The standard InChI is InChI=1S/C21H24ClN3O2/c1-15-10-12-25(13-11-15)20-8-6-18(14-23-20)24-21(27)9-7-19(26)16-2-4-17(22)5-3-16/h2-6,8,14-15H,7,9-13H2,1H3,(H,24,27). The molecule has 1 aliphatic rings. The molecule has 1 N–H and O–H groups in total. The van der Waals surface area contributed by atoms with E-state index in [4.69, 9.17) is 11.6 Å². The van der Waals surface area contributed by atoms with Crippen molar-refractivity contribution in [2.24, 2.45) is 5.92 Å². The Morgan fingerprint density at radius 1 is 1.11 bits per heavy atom. The largest absolute Gasteiger partial charge is 0.357 e. The third kappa shape index (κ3) is 5.54. The van der Waals surface area contributed by atoms with Gasteiger partial charge in [0.15, 0.2) is 5.78 Å². The molecular formula is C21H24ClN3O2. The Labute approximate surface area is 164 Å². The summed E-state index contributed by atoms with van der Waals surface area (Å²) in [5.74, 6) is 1.45. The highest BCUT2D eigenvalue weighted by atomic mass is 35.5. The zero-order valence-electron chi connectivity index (χ0n) is 15.5. The first kappa shape index (κ1) is 19.4. The maximum absolute atomic E-state index is 12.1. The summed E-state index contributed by atoms with van der Waals surface area (Å²) in [6.07, 6.45) is 4.33. The third-order valence-electron chi connectivity index (χ3n) is 4.88. The summed E-state index contributed by atoms with van der Waals surface area (Å²) < 4.78 is 0. The fraction of sp³-hybridized carbons (Fsp3) is 0.381. The van der Waals surface area contributed by atoms with Gasteiger partial charge in [-0.25, -0.2) is 4.98 Å². The van der Waals surface area contributed by atoms with Gasteiger partial charge in [0.25, 0.3) is 0 Å². The molecule has 1 amide bonds. The Balaban J connectivity index is 1.47. The first-order valence-corrected chi connectivity index (χ1v) is 9.68. The van der Waals surface area contributed by atoms with E-state index in [9.17, 15) is 9.59 Å². The minimum Gasteiger partial charge on any atom is -0.357 e. The molecule has 0 bridgehead atoms. The zero-order chi connectivity index (χ0) is 19.2. The van der Waals surface area contributed by atoms with Crippen LogP contribution in [-0.4, -0.2) is 29.8 Å². The van der Waals surface area contributed by atoms with Crippen LogP contribution in [0.25, 0.3) is 0 Å². The molecule has 0 radical (unpaired) electrons. The Hall–Kier alpha value is -2.40. The number of amides is 1. The summed E-state index contributed by atoms with van der Waals surface area (Å²) in [5.41, 5.74) is 1.21. The van der Waals surface area contributed by atoms with Crippen molar-refractivity contribution in [2.45, 2.75) is 32.6 Å². The monoisotopic (exact) mass is 385 g/mol. The molecule has 1 aromatic carbocycles. The molecule has 1 aliphatic heterocycles. The number of piperidine rings is 1. The van der Waals surface area contributed by atoms with Crippen LogP contribution in [0, 0.1) is 5.92 Å². The van der Waals surface area contributed by atoms with Crippen LogP contribution in [0.4, 0.5) is 11.5 Å². The Morgan fingerprint density at radius 3 is 2.44 bits per heavy atom. The summed E-state index contributed by atoms with van der Waals surface area (Å²) in [5, 5.41) is 3.38. The molecule has 3 rings (SSSR count). The average molecular weight is 386 g/mol. The summed E-state index contributed by atoms with van der Waals surface area (Å²) in [6, 6.07) is 10.5. The highest BCUT2D eigenvalue weighted by Crippen LogP contribution is 2.22.